The summed E-state index contributed by atoms with van der Waals surface area (Å²) in [5.74, 6) is 0.0443. The van der Waals surface area contributed by atoms with Crippen molar-refractivity contribution in [2.75, 3.05) is 18.0 Å². The van der Waals surface area contributed by atoms with Gasteiger partial charge >= 0.3 is 0 Å². The molecule has 0 aliphatic carbocycles. The van der Waals surface area contributed by atoms with E-state index in [1.807, 2.05) is 0 Å². The predicted molar refractivity (Wildman–Crippen MR) is 94.0 cm³/mol. The number of hydrogen-bond donors (Lipinski definition) is 2. The number of amides is 1. The molecule has 132 valence electrons. The van der Waals surface area contributed by atoms with E-state index >= 15 is 0 Å². The molecular weight excluding hydrogens is 321 g/mol. The van der Waals surface area contributed by atoms with E-state index < -0.39 is 12.1 Å². The van der Waals surface area contributed by atoms with E-state index in [4.69, 9.17) is 0 Å². The molecule has 2 heterocycles. The molecule has 1 aromatic heterocycles. The normalized spacial score (nSPS) is 16.5. The first-order chi connectivity index (χ1) is 12.1. The van der Waals surface area contributed by atoms with Crippen LogP contribution >= 0.6 is 0 Å². The number of nitrogens with zero attached hydrogens (tertiary/aromatic N) is 2. The summed E-state index contributed by atoms with van der Waals surface area (Å²) in [6.07, 6.45) is 2.95. The van der Waals surface area contributed by atoms with Gasteiger partial charge in [-0.2, -0.15) is 0 Å². The highest BCUT2D eigenvalue weighted by Gasteiger charge is 2.24. The predicted octanol–water partition coefficient (Wildman–Crippen LogP) is 2.67. The van der Waals surface area contributed by atoms with Crippen LogP contribution in [0.1, 0.15) is 41.8 Å². The third-order valence-corrected chi connectivity index (χ3v) is 4.48. The number of aliphatic hydroxyl groups excluding tert-OH is 1. The number of carbonyl (C=O) groups is 1. The van der Waals surface area contributed by atoms with Crippen LogP contribution in [0.5, 0.6) is 0 Å². The Labute approximate surface area is 146 Å². The Morgan fingerprint density at radius 3 is 2.60 bits per heavy atom. The minimum atomic E-state index is -0.920. The summed E-state index contributed by atoms with van der Waals surface area (Å²) in [5.41, 5.74) is 1.06. The van der Waals surface area contributed by atoms with Crippen LogP contribution in [0.2, 0.25) is 0 Å². The Morgan fingerprint density at radius 2 is 1.92 bits per heavy atom. The molecule has 2 aromatic rings. The molecule has 1 aliphatic heterocycles. The average molecular weight is 343 g/mol. The van der Waals surface area contributed by atoms with Crippen LogP contribution < -0.4 is 10.2 Å². The number of pyridine rings is 1. The monoisotopic (exact) mass is 343 g/mol. The fraction of sp³-hybridized carbons (Fsp3) is 0.368. The van der Waals surface area contributed by atoms with Crippen molar-refractivity contribution in [2.24, 2.45) is 0 Å². The van der Waals surface area contributed by atoms with Crippen LogP contribution in [-0.2, 0) is 0 Å². The van der Waals surface area contributed by atoms with E-state index in [1.165, 1.54) is 24.3 Å². The SMILES string of the molecule is C[C@H](NC(=O)c1cccnc1N1CCCC1)[C@H](O)c1ccc(F)cc1. The van der Waals surface area contributed by atoms with Crippen molar-refractivity contribution in [3.05, 3.63) is 59.5 Å². The molecule has 0 saturated carbocycles. The summed E-state index contributed by atoms with van der Waals surface area (Å²) < 4.78 is 13.0. The molecule has 0 radical (unpaired) electrons. The molecule has 1 aromatic carbocycles. The van der Waals surface area contributed by atoms with E-state index in [2.05, 4.69) is 15.2 Å². The second-order valence-corrected chi connectivity index (χ2v) is 6.33. The smallest absolute Gasteiger partial charge is 0.255 e. The lowest BCUT2D eigenvalue weighted by Gasteiger charge is -2.23. The summed E-state index contributed by atoms with van der Waals surface area (Å²) in [4.78, 5) is 19.1. The molecule has 0 bridgehead atoms. The van der Waals surface area contributed by atoms with Gasteiger partial charge in [0.2, 0.25) is 0 Å². The van der Waals surface area contributed by atoms with Crippen LogP contribution in [-0.4, -0.2) is 35.1 Å². The summed E-state index contributed by atoms with van der Waals surface area (Å²) in [7, 11) is 0. The van der Waals surface area contributed by atoms with E-state index in [0.717, 1.165) is 25.9 Å². The Bertz CT molecular complexity index is 730. The topological polar surface area (TPSA) is 65.5 Å². The summed E-state index contributed by atoms with van der Waals surface area (Å²) >= 11 is 0. The number of rotatable bonds is 5. The highest BCUT2D eigenvalue weighted by atomic mass is 19.1. The Hall–Kier alpha value is -2.47. The van der Waals surface area contributed by atoms with Crippen molar-refractivity contribution < 1.29 is 14.3 Å². The zero-order valence-electron chi connectivity index (χ0n) is 14.2. The second kappa shape index (κ2) is 7.61. The lowest BCUT2D eigenvalue weighted by Crippen LogP contribution is -2.38. The molecule has 1 amide bonds. The van der Waals surface area contributed by atoms with Gasteiger partial charge < -0.3 is 15.3 Å². The maximum absolute atomic E-state index is 13.0. The third-order valence-electron chi connectivity index (χ3n) is 4.48. The summed E-state index contributed by atoms with van der Waals surface area (Å²) in [5, 5.41) is 13.2. The van der Waals surface area contributed by atoms with Gasteiger partial charge in [-0.25, -0.2) is 9.37 Å². The number of halogens is 1. The molecule has 1 saturated heterocycles. The van der Waals surface area contributed by atoms with E-state index in [9.17, 15) is 14.3 Å². The first-order valence-electron chi connectivity index (χ1n) is 8.50. The Balaban J connectivity index is 1.72. The molecule has 0 unspecified atom stereocenters. The lowest BCUT2D eigenvalue weighted by atomic mass is 10.0. The van der Waals surface area contributed by atoms with Crippen LogP contribution in [0.25, 0.3) is 0 Å². The van der Waals surface area contributed by atoms with Gasteiger partial charge in [0.15, 0.2) is 0 Å². The van der Waals surface area contributed by atoms with E-state index in [-0.39, 0.29) is 11.7 Å². The molecule has 6 heteroatoms. The largest absolute Gasteiger partial charge is 0.386 e. The van der Waals surface area contributed by atoms with Gasteiger partial charge in [-0.1, -0.05) is 12.1 Å². The second-order valence-electron chi connectivity index (χ2n) is 6.33. The molecule has 1 aliphatic rings. The summed E-state index contributed by atoms with van der Waals surface area (Å²) in [6.45, 7) is 3.51. The standard InChI is InChI=1S/C19H22FN3O2/c1-13(17(24)14-6-8-15(20)9-7-14)22-19(25)16-5-4-10-21-18(16)23-11-2-3-12-23/h4-10,13,17,24H,2-3,11-12H2,1H3,(H,22,25)/t13-,17-/m0/s1. The lowest BCUT2D eigenvalue weighted by molar-refractivity contribution is 0.0852. The van der Waals surface area contributed by atoms with Crippen LogP contribution in [0.3, 0.4) is 0 Å². The number of nitrogens with one attached hydrogen (secondary N) is 1. The number of carbonyl (C=O) groups excluding carboxylic acids is 1. The van der Waals surface area contributed by atoms with Crippen LogP contribution in [0, 0.1) is 5.82 Å². The van der Waals surface area contributed by atoms with E-state index in [1.54, 1.807) is 25.3 Å². The average Bonchev–Trinajstić information content (AvgIpc) is 3.16. The maximum atomic E-state index is 13.0. The quantitative estimate of drug-likeness (QED) is 0.876. The first kappa shape index (κ1) is 17.4. The molecule has 2 N–H and O–H groups in total. The highest BCUT2D eigenvalue weighted by molar-refractivity contribution is 5.99. The third kappa shape index (κ3) is 3.96. The molecule has 2 atom stereocenters. The van der Waals surface area contributed by atoms with Gasteiger partial charge in [0.1, 0.15) is 11.6 Å². The fourth-order valence-corrected chi connectivity index (χ4v) is 3.07. The maximum Gasteiger partial charge on any atom is 0.255 e. The van der Waals surface area contributed by atoms with Crippen molar-refractivity contribution in [1.82, 2.24) is 10.3 Å². The molecule has 0 spiro atoms. The van der Waals surface area contributed by atoms with Crippen molar-refractivity contribution >= 4 is 11.7 Å². The van der Waals surface area contributed by atoms with Crippen molar-refractivity contribution in [3.8, 4) is 0 Å². The molecule has 1 fully saturated rings. The van der Waals surface area contributed by atoms with Crippen molar-refractivity contribution in [2.45, 2.75) is 31.9 Å². The van der Waals surface area contributed by atoms with Crippen molar-refractivity contribution in [1.29, 1.82) is 0 Å². The first-order valence-corrected chi connectivity index (χ1v) is 8.50. The number of aromatic nitrogens is 1. The minimum Gasteiger partial charge on any atom is -0.386 e. The highest BCUT2D eigenvalue weighted by Crippen LogP contribution is 2.23. The number of hydrogen-bond acceptors (Lipinski definition) is 4. The van der Waals surface area contributed by atoms with Gasteiger partial charge in [-0.3, -0.25) is 4.79 Å². The van der Waals surface area contributed by atoms with Gasteiger partial charge in [0.25, 0.3) is 5.91 Å². The van der Waals surface area contributed by atoms with Crippen LogP contribution in [0.15, 0.2) is 42.6 Å². The van der Waals surface area contributed by atoms with Crippen molar-refractivity contribution in [3.63, 3.8) is 0 Å². The van der Waals surface area contributed by atoms with Crippen LogP contribution in [0.4, 0.5) is 10.2 Å². The Kier molecular flexibility index (Phi) is 5.28. The zero-order chi connectivity index (χ0) is 17.8. The summed E-state index contributed by atoms with van der Waals surface area (Å²) in [6, 6.07) is 8.57. The number of aliphatic hydroxyl groups is 1. The number of benzene rings is 1. The Morgan fingerprint density at radius 1 is 1.24 bits per heavy atom. The molecule has 5 nitrogen and oxygen atoms in total. The van der Waals surface area contributed by atoms with Gasteiger partial charge in [-0.05, 0) is 49.6 Å². The minimum absolute atomic E-state index is 0.274. The zero-order valence-corrected chi connectivity index (χ0v) is 14.2. The molecule has 25 heavy (non-hydrogen) atoms. The number of anilines is 1. The van der Waals surface area contributed by atoms with Gasteiger partial charge in [0.05, 0.1) is 17.7 Å². The molecule has 3 rings (SSSR count). The fourth-order valence-electron chi connectivity index (χ4n) is 3.07. The van der Waals surface area contributed by atoms with Gasteiger partial charge in [-0.15, -0.1) is 0 Å². The molecular formula is C19H22FN3O2. The van der Waals surface area contributed by atoms with E-state index in [0.29, 0.717) is 16.9 Å². The van der Waals surface area contributed by atoms with Gasteiger partial charge in [0, 0.05) is 19.3 Å².